The normalized spacial score (nSPS) is 14.9. The highest BCUT2D eigenvalue weighted by molar-refractivity contribution is 7.15. The zero-order valence-electron chi connectivity index (χ0n) is 82.3. The quantitative estimate of drug-likeness (QED) is 0.0106. The van der Waals surface area contributed by atoms with Crippen molar-refractivity contribution >= 4 is 105 Å². The molecule has 0 saturated carbocycles. The molecule has 0 spiro atoms. The van der Waals surface area contributed by atoms with Crippen molar-refractivity contribution in [3.8, 4) is 151 Å². The van der Waals surface area contributed by atoms with Crippen LogP contribution in [0.15, 0.2) is 122 Å². The summed E-state index contributed by atoms with van der Waals surface area (Å²) in [6.07, 6.45) is 20.6. The Hall–Kier alpha value is -16.5. The number of terminal acetylenes is 1. The van der Waals surface area contributed by atoms with Gasteiger partial charge in [-0.2, -0.15) is 0 Å². The maximum absolute atomic E-state index is 13.3. The number of likely N-dealkylation sites (tertiary alicyclic amines) is 1. The van der Waals surface area contributed by atoms with Crippen LogP contribution in [-0.2, 0) is 51.6 Å². The monoisotopic (exact) mass is 2020 g/mol. The van der Waals surface area contributed by atoms with E-state index in [0.717, 1.165) is 96.7 Å². The van der Waals surface area contributed by atoms with Crippen LogP contribution in [-0.4, -0.2) is 204 Å². The van der Waals surface area contributed by atoms with Gasteiger partial charge in [0.2, 0.25) is 41.4 Å². The lowest BCUT2D eigenvalue weighted by molar-refractivity contribution is -0.138. The van der Waals surface area contributed by atoms with E-state index < -0.39 is 83.7 Å². The summed E-state index contributed by atoms with van der Waals surface area (Å²) >= 11 is 3.31. The fraction of sp³-hybridized carbons (Fsp3) is 0.364. The number of carboxylic acid groups (broad SMARTS) is 1. The van der Waals surface area contributed by atoms with Crippen molar-refractivity contribution in [2.75, 3.05) is 71.1 Å². The molecule has 0 bridgehead atoms. The highest BCUT2D eigenvalue weighted by Crippen LogP contribution is 2.41. The molecule has 33 nitrogen and oxygen atoms in total. The number of aliphatic carboxylic acids is 1. The lowest BCUT2D eigenvalue weighted by Gasteiger charge is -2.31. The van der Waals surface area contributed by atoms with E-state index in [1.165, 1.54) is 17.1 Å². The van der Waals surface area contributed by atoms with E-state index in [4.69, 9.17) is 48.3 Å². The number of rotatable bonds is 32. The first-order valence-corrected chi connectivity index (χ1v) is 48.7. The molecule has 0 aliphatic carbocycles. The second kappa shape index (κ2) is 56.4. The number of piperidine rings is 4. The molecule has 0 radical (unpaired) electrons. The van der Waals surface area contributed by atoms with Crippen LogP contribution in [0.2, 0.25) is 0 Å². The number of nitrogen functional groups attached to an aromatic ring is 2. The molecule has 2 atom stereocenters. The van der Waals surface area contributed by atoms with Gasteiger partial charge in [0.05, 0.1) is 70.2 Å². The largest absolute Gasteiger partial charge is 0.493 e. The Balaban J connectivity index is 0.000000223. The van der Waals surface area contributed by atoms with Gasteiger partial charge in [-0.15, -0.1) is 29.1 Å². The number of amides is 11. The topological polar surface area (TPSA) is 476 Å². The van der Waals surface area contributed by atoms with Crippen LogP contribution in [0.5, 0.6) is 23.0 Å². The summed E-state index contributed by atoms with van der Waals surface area (Å²) in [5, 5.41) is 43.6. The van der Waals surface area contributed by atoms with E-state index in [1.54, 1.807) is 94.0 Å². The van der Waals surface area contributed by atoms with Crippen LogP contribution in [0.25, 0.3) is 20.9 Å². The Bertz CT molecular complexity index is 6790. The molecular weight excluding hydrogens is 1900 g/mol. The first-order valence-electron chi connectivity index (χ1n) is 47.7. The third-order valence-electron chi connectivity index (χ3n) is 22.5. The number of hydrogen-bond acceptors (Lipinski definition) is 27. The first kappa shape index (κ1) is 110. The molecule has 6 aliphatic rings. The van der Waals surface area contributed by atoms with E-state index in [1.807, 2.05) is 78.0 Å². The van der Waals surface area contributed by atoms with Crippen LogP contribution in [0, 0.1) is 107 Å². The maximum Gasteiger partial charge on any atom is 0.305 e. The van der Waals surface area contributed by atoms with Gasteiger partial charge < -0.3 is 66.6 Å². The minimum absolute atomic E-state index is 0.00206. The van der Waals surface area contributed by atoms with Crippen LogP contribution in [0.3, 0.4) is 0 Å². The highest BCUT2D eigenvalue weighted by atomic mass is 32.1. The molecule has 146 heavy (non-hydrogen) atoms. The van der Waals surface area contributed by atoms with Crippen molar-refractivity contribution < 1.29 is 97.6 Å². The summed E-state index contributed by atoms with van der Waals surface area (Å²) in [4.78, 5) is 171. The van der Waals surface area contributed by atoms with Crippen molar-refractivity contribution in [2.24, 2.45) is 0 Å². The zero-order valence-corrected chi connectivity index (χ0v) is 82.9. The molecule has 2 unspecified atom stereocenters. The fourth-order valence-electron chi connectivity index (χ4n) is 15.4. The number of benzene rings is 4. The molecule has 4 fully saturated rings. The first-order chi connectivity index (χ1) is 70.7. The standard InChI is InChI=1S/C47H51N7O9S.C25H28N4O2S.C22H25N3O8.C15H4.CH3F/c1-47(2,61)19-15-29-8-6-9-30(24-29)28-63-36-25-32(26-50-42(36)48)37-27-51-44(64-37)31-17-21-53(22-18-31)40(57)16-20-49-38(55)12-4-3-5-23-62-35-11-7-10-33-41(35)46(60)54(45(33)59)34-13-14-39(56)52-43(34)58;1-25(2,30)9-6-17-4-3-5-18(12-17)16-31-21-13-20(14-28-23(21)26)22-15-29-24(32-22)19-7-10-27-11-8-19;26-16(23-11-10-18(28)29)7-2-1-3-12-33-15-6-4-5-13-19(15)22(32)25(21(13)31)14-8-9-17(27)24-20(14)30;1-3-5-7-9-11-13-15-14-12-10-8-6-4-2;1-2/h6-11,24-27,31,34,61H,3-5,12-14,16-18,20-23,28H2,1-2H3,(H2,48,50)(H,49,55)(H,52,56,58);3-5,12-15,19,27,30H,7-8,10-11,16H2,1-2H3,(H2,26,28);4-6,14H,1-3,7-12H2,(H,23,26)(H,28,29)(H,24,27,30);1H,2H3;1H3/i;;;;1D. The number of anilines is 2. The number of hydrogen-bond donors (Lipinski definition) is 10. The molecule has 4 aromatic carbocycles. The van der Waals surface area contributed by atoms with E-state index in [9.17, 15) is 72.1 Å². The number of aromatic nitrogens is 4. The maximum atomic E-state index is 13.3. The molecule has 14 rings (SSSR count). The Labute approximate surface area is 856 Å². The molecule has 6 aliphatic heterocycles. The Morgan fingerprint density at radius 3 is 1.36 bits per heavy atom. The lowest BCUT2D eigenvalue weighted by atomic mass is 9.97. The zero-order chi connectivity index (χ0) is 106. The molecule has 36 heteroatoms. The van der Waals surface area contributed by atoms with E-state index in [2.05, 4.69) is 142 Å². The summed E-state index contributed by atoms with van der Waals surface area (Å²) in [7, 11) is -1.00. The molecule has 8 aromatic rings. The van der Waals surface area contributed by atoms with Crippen molar-refractivity contribution in [1.82, 2.24) is 61.2 Å². The van der Waals surface area contributed by atoms with Gasteiger partial charge in [0.15, 0.2) is 23.1 Å². The summed E-state index contributed by atoms with van der Waals surface area (Å²) in [6, 6.07) is 26.4. The van der Waals surface area contributed by atoms with Gasteiger partial charge in [0.1, 0.15) is 48.0 Å². The van der Waals surface area contributed by atoms with Gasteiger partial charge >= 0.3 is 5.97 Å². The molecule has 4 saturated heterocycles. The van der Waals surface area contributed by atoms with Crippen molar-refractivity contribution in [2.45, 2.75) is 199 Å². The number of thiazole rings is 2. The van der Waals surface area contributed by atoms with Gasteiger partial charge in [-0.3, -0.25) is 82.4 Å². The number of carbonyl (C=O) groups excluding carboxylic acids is 11. The van der Waals surface area contributed by atoms with Crippen LogP contribution in [0.1, 0.15) is 237 Å². The smallest absolute Gasteiger partial charge is 0.305 e. The number of nitrogens with two attached hydrogens (primary N) is 2. The third-order valence-corrected chi connectivity index (χ3v) is 25.0. The summed E-state index contributed by atoms with van der Waals surface area (Å²) < 4.78 is 39.2. The van der Waals surface area contributed by atoms with Gasteiger partial charge in [-0.25, -0.2) is 19.9 Å². The predicted molar refractivity (Wildman–Crippen MR) is 546 cm³/mol. The minimum atomic E-state index is -1.09. The van der Waals surface area contributed by atoms with Gasteiger partial charge in [0, 0.05) is 117 Å². The average molecular weight is 2020 g/mol. The third kappa shape index (κ3) is 34.4. The van der Waals surface area contributed by atoms with Crippen molar-refractivity contribution in [1.29, 1.82) is 0 Å². The molecule has 10 heterocycles. The number of pyridine rings is 2. The molecular formula is C110H111FN14O19S2. The van der Waals surface area contributed by atoms with Crippen LogP contribution in [0.4, 0.5) is 16.0 Å². The Morgan fingerprint density at radius 1 is 0.521 bits per heavy atom. The number of halogens is 1. The second-order valence-electron chi connectivity index (χ2n) is 34.5. The molecule has 12 N–H and O–H groups in total. The number of nitrogens with one attached hydrogen (secondary N) is 5. The van der Waals surface area contributed by atoms with E-state index >= 15 is 0 Å². The summed E-state index contributed by atoms with van der Waals surface area (Å²) in [6.45, 7) is 13.1. The number of carboxylic acids is 1. The molecule has 4 aromatic heterocycles. The van der Waals surface area contributed by atoms with E-state index in [0.29, 0.717) is 87.9 Å². The second-order valence-corrected chi connectivity index (χ2v) is 36.7. The van der Waals surface area contributed by atoms with Crippen LogP contribution >= 0.6 is 22.7 Å². The van der Waals surface area contributed by atoms with Crippen molar-refractivity contribution in [3.63, 3.8) is 0 Å². The summed E-state index contributed by atoms with van der Waals surface area (Å²) in [5.41, 5.74) is 15.9. The van der Waals surface area contributed by atoms with Crippen molar-refractivity contribution in [3.05, 3.63) is 176 Å². The number of aliphatic hydroxyl groups is 2. The minimum Gasteiger partial charge on any atom is -0.493 e. The number of unbranched alkanes of at least 4 members (excludes halogenated alkanes) is 4. The SMILES string of the molecule is C#CC#CC#CC#CC#CC#CC#CC.CC(C)(O)C#Cc1cccc(COc2cc(-c3cnc(C4CCN(C(=O)CCNC(=O)CCCCCOc5cccc6c5C(=O)N(C5CCC(=O)NC5=O)C6=O)CC4)s3)cnc2N)c1.CC(C)(O)C#Cc1cccc(COc2cc(-c3cnc(C4CCNCC4)s3)cnc2N)c1.O=C(O)CCNC(=O)CCCCCOc1cccc2c1C(=O)N(C1CCC(=O)NC1=O)C2=O.[2H]CF. The number of ether oxygens (including phenoxy) is 4. The Morgan fingerprint density at radius 2 is 0.938 bits per heavy atom. The number of fused-ring (bicyclic) bond motifs is 2. The number of alkyl halides is 1. The fourth-order valence-corrected chi connectivity index (χ4v) is 17.5. The van der Waals surface area contributed by atoms with Crippen LogP contribution < -0.4 is 57.0 Å². The number of imide groups is 4. The predicted octanol–water partition coefficient (Wildman–Crippen LogP) is 10.6. The average Bonchev–Trinajstić information content (AvgIpc) is 1.60. The Kier molecular flexibility index (Phi) is 42.5. The van der Waals surface area contributed by atoms with Gasteiger partial charge in [-0.1, -0.05) is 66.0 Å². The van der Waals surface area contributed by atoms with E-state index in [-0.39, 0.29) is 141 Å². The number of carbonyl (C=O) groups is 12. The highest BCUT2D eigenvalue weighted by Gasteiger charge is 2.48. The lowest BCUT2D eigenvalue weighted by Crippen LogP contribution is -2.54. The number of nitrogens with zero attached hydrogens (tertiary/aromatic N) is 7. The molecule has 11 amide bonds. The molecule has 754 valence electrons. The van der Waals surface area contributed by atoms with Gasteiger partial charge in [-0.05, 0) is 268 Å². The van der Waals surface area contributed by atoms with Gasteiger partial charge in [0.25, 0.3) is 23.6 Å². The summed E-state index contributed by atoms with van der Waals surface area (Å²) in [5.74, 6) is 40.4.